The minimum atomic E-state index is -3.66. The molecule has 0 bridgehead atoms. The summed E-state index contributed by atoms with van der Waals surface area (Å²) in [5, 5.41) is 3.27. The number of halogens is 1. The predicted octanol–water partition coefficient (Wildman–Crippen LogP) is 2.03. The van der Waals surface area contributed by atoms with Crippen molar-refractivity contribution in [3.8, 4) is 0 Å². The Kier molecular flexibility index (Phi) is 5.65. The zero-order valence-corrected chi connectivity index (χ0v) is 13.9. The van der Waals surface area contributed by atoms with Gasteiger partial charge in [0.2, 0.25) is 10.0 Å². The van der Waals surface area contributed by atoms with Gasteiger partial charge in [-0.3, -0.25) is 0 Å². The zero-order valence-electron chi connectivity index (χ0n) is 12.3. The van der Waals surface area contributed by atoms with E-state index in [-0.39, 0.29) is 10.5 Å². The largest absolute Gasteiger partial charge is 0.310 e. The highest BCUT2D eigenvalue weighted by molar-refractivity contribution is 7.98. The molecule has 2 N–H and O–H groups in total. The third-order valence-electron chi connectivity index (χ3n) is 3.42. The van der Waals surface area contributed by atoms with Crippen molar-refractivity contribution >= 4 is 21.8 Å². The molecule has 1 aromatic rings. The zero-order chi connectivity index (χ0) is 15.5. The Hall–Kier alpha value is -0.630. The molecule has 118 valence electrons. The van der Waals surface area contributed by atoms with Gasteiger partial charge in [-0.05, 0) is 43.7 Å². The van der Waals surface area contributed by atoms with E-state index in [4.69, 9.17) is 0 Å². The number of thioether (sulfide) groups is 1. The Balaban J connectivity index is 2.19. The Morgan fingerprint density at radius 3 is 2.71 bits per heavy atom. The van der Waals surface area contributed by atoms with E-state index in [1.165, 1.54) is 13.0 Å². The minimum Gasteiger partial charge on any atom is -0.310 e. The number of benzene rings is 1. The number of sulfonamides is 1. The van der Waals surface area contributed by atoms with Gasteiger partial charge in [0.1, 0.15) is 5.82 Å². The predicted molar refractivity (Wildman–Crippen MR) is 84.6 cm³/mol. The summed E-state index contributed by atoms with van der Waals surface area (Å²) in [6.45, 7) is 2.33. The molecule has 1 fully saturated rings. The molecule has 0 aromatic heterocycles. The van der Waals surface area contributed by atoms with E-state index in [0.717, 1.165) is 12.8 Å². The Bertz CT molecular complexity index is 601. The smallest absolute Gasteiger partial charge is 0.240 e. The van der Waals surface area contributed by atoms with Crippen LogP contribution in [0.15, 0.2) is 17.0 Å². The molecule has 4 nitrogen and oxygen atoms in total. The van der Waals surface area contributed by atoms with Crippen molar-refractivity contribution in [3.05, 3.63) is 29.1 Å². The molecule has 0 atom stereocenters. The summed E-state index contributed by atoms with van der Waals surface area (Å²) in [6, 6.07) is 3.47. The van der Waals surface area contributed by atoms with Crippen molar-refractivity contribution in [2.24, 2.45) is 0 Å². The maximum atomic E-state index is 14.0. The molecule has 1 aliphatic rings. The Labute approximate surface area is 129 Å². The van der Waals surface area contributed by atoms with Crippen molar-refractivity contribution in [2.45, 2.75) is 37.2 Å². The van der Waals surface area contributed by atoms with E-state index in [9.17, 15) is 12.8 Å². The highest BCUT2D eigenvalue weighted by Gasteiger charge is 2.22. The van der Waals surface area contributed by atoms with E-state index in [1.807, 2.05) is 6.26 Å². The number of hydrogen-bond acceptors (Lipinski definition) is 4. The molecule has 0 heterocycles. The van der Waals surface area contributed by atoms with Gasteiger partial charge < -0.3 is 5.32 Å². The topological polar surface area (TPSA) is 58.2 Å². The first-order valence-corrected chi connectivity index (χ1v) is 9.83. The lowest BCUT2D eigenvalue weighted by Gasteiger charge is -2.12. The van der Waals surface area contributed by atoms with Gasteiger partial charge >= 0.3 is 0 Å². The normalized spacial score (nSPS) is 15.4. The monoisotopic (exact) mass is 332 g/mol. The lowest BCUT2D eigenvalue weighted by atomic mass is 10.1. The van der Waals surface area contributed by atoms with Crippen LogP contribution in [0, 0.1) is 12.7 Å². The maximum absolute atomic E-state index is 14.0. The summed E-state index contributed by atoms with van der Waals surface area (Å²) in [5.41, 5.74) is 0.831. The van der Waals surface area contributed by atoms with Crippen molar-refractivity contribution in [1.82, 2.24) is 10.0 Å². The fraction of sp³-hybridized carbons (Fsp3) is 0.571. The van der Waals surface area contributed by atoms with Gasteiger partial charge in [0.05, 0.1) is 4.90 Å². The number of nitrogens with one attached hydrogen (secondary N) is 2. The third kappa shape index (κ3) is 4.67. The summed E-state index contributed by atoms with van der Waals surface area (Å²) >= 11 is 1.56. The molecule has 0 aliphatic heterocycles. The van der Waals surface area contributed by atoms with Crippen molar-refractivity contribution in [3.63, 3.8) is 0 Å². The summed E-state index contributed by atoms with van der Waals surface area (Å²) in [4.78, 5) is 0.0381. The third-order valence-corrected chi connectivity index (χ3v) is 5.62. The molecule has 2 rings (SSSR count). The van der Waals surface area contributed by atoms with E-state index < -0.39 is 15.8 Å². The van der Waals surface area contributed by atoms with Crippen molar-refractivity contribution in [2.75, 3.05) is 18.6 Å². The molecule has 21 heavy (non-hydrogen) atoms. The highest BCUT2D eigenvalue weighted by Crippen LogP contribution is 2.23. The van der Waals surface area contributed by atoms with Crippen LogP contribution in [-0.2, 0) is 16.6 Å². The van der Waals surface area contributed by atoms with Crippen LogP contribution >= 0.6 is 11.8 Å². The summed E-state index contributed by atoms with van der Waals surface area (Å²) in [5.74, 6) is 0.208. The first-order chi connectivity index (χ1) is 9.94. The molecule has 0 unspecified atom stereocenters. The van der Waals surface area contributed by atoms with Crippen LogP contribution in [-0.4, -0.2) is 33.0 Å². The van der Waals surface area contributed by atoms with Crippen LogP contribution in [0.25, 0.3) is 0 Å². The van der Waals surface area contributed by atoms with Gasteiger partial charge in [0.25, 0.3) is 0 Å². The van der Waals surface area contributed by atoms with Crippen molar-refractivity contribution in [1.29, 1.82) is 0 Å². The van der Waals surface area contributed by atoms with Crippen LogP contribution in [0.2, 0.25) is 0 Å². The van der Waals surface area contributed by atoms with E-state index in [2.05, 4.69) is 10.0 Å². The first kappa shape index (κ1) is 16.7. The molecule has 0 saturated heterocycles. The molecule has 0 amide bonds. The molecule has 1 aromatic carbocycles. The van der Waals surface area contributed by atoms with E-state index >= 15 is 0 Å². The molecule has 1 aliphatic carbocycles. The van der Waals surface area contributed by atoms with Crippen LogP contribution in [0.1, 0.15) is 24.0 Å². The quantitative estimate of drug-likeness (QED) is 0.715. The standard InChI is InChI=1S/C14H21FN2O2S2/c1-10-13(15)7-11(9-16-12-3-4-12)8-14(10)21(18,19)17-5-6-20-2/h7-8,12,16-17H,3-6,9H2,1-2H3. The second kappa shape index (κ2) is 7.09. The van der Waals surface area contributed by atoms with Crippen LogP contribution in [0.3, 0.4) is 0 Å². The molecule has 0 radical (unpaired) electrons. The van der Waals surface area contributed by atoms with Gasteiger partial charge in [0.15, 0.2) is 0 Å². The molecule has 0 spiro atoms. The van der Waals surface area contributed by atoms with E-state index in [1.54, 1.807) is 17.8 Å². The van der Waals surface area contributed by atoms with Gasteiger partial charge in [-0.15, -0.1) is 0 Å². The second-order valence-electron chi connectivity index (χ2n) is 5.25. The Morgan fingerprint density at radius 1 is 1.38 bits per heavy atom. The van der Waals surface area contributed by atoms with Gasteiger partial charge in [-0.2, -0.15) is 11.8 Å². The maximum Gasteiger partial charge on any atom is 0.240 e. The number of rotatable bonds is 8. The van der Waals surface area contributed by atoms with Crippen molar-refractivity contribution < 1.29 is 12.8 Å². The Morgan fingerprint density at radius 2 is 2.10 bits per heavy atom. The fourth-order valence-electron chi connectivity index (χ4n) is 1.99. The minimum absolute atomic E-state index is 0.0381. The summed E-state index contributed by atoms with van der Waals surface area (Å²) < 4.78 is 41.0. The molecule has 7 heteroatoms. The molecular formula is C14H21FN2O2S2. The molecular weight excluding hydrogens is 311 g/mol. The van der Waals surface area contributed by atoms with Crippen LogP contribution in [0.4, 0.5) is 4.39 Å². The molecule has 1 saturated carbocycles. The lowest BCUT2D eigenvalue weighted by Crippen LogP contribution is -2.27. The van der Waals surface area contributed by atoms with Crippen LogP contribution in [0.5, 0.6) is 0 Å². The fourth-order valence-corrected chi connectivity index (χ4v) is 3.76. The highest BCUT2D eigenvalue weighted by atomic mass is 32.2. The van der Waals surface area contributed by atoms with Gasteiger partial charge in [-0.1, -0.05) is 0 Å². The first-order valence-electron chi connectivity index (χ1n) is 6.95. The summed E-state index contributed by atoms with van der Waals surface area (Å²) in [7, 11) is -3.66. The SMILES string of the molecule is CSCCNS(=O)(=O)c1cc(CNC2CC2)cc(F)c1C. The van der Waals surface area contributed by atoms with Gasteiger partial charge in [-0.25, -0.2) is 17.5 Å². The summed E-state index contributed by atoms with van der Waals surface area (Å²) in [6.07, 6.45) is 4.18. The van der Waals surface area contributed by atoms with Gasteiger partial charge in [0, 0.05) is 30.4 Å². The van der Waals surface area contributed by atoms with Crippen LogP contribution < -0.4 is 10.0 Å². The van der Waals surface area contributed by atoms with E-state index in [0.29, 0.717) is 30.4 Å². The average molecular weight is 332 g/mol. The number of hydrogen-bond donors (Lipinski definition) is 2. The lowest BCUT2D eigenvalue weighted by molar-refractivity contribution is 0.574. The second-order valence-corrected chi connectivity index (χ2v) is 7.97. The average Bonchev–Trinajstić information content (AvgIpc) is 3.24.